The zero-order chi connectivity index (χ0) is 12.8. The van der Waals surface area contributed by atoms with Crippen LogP contribution in [0.2, 0.25) is 0 Å². The minimum atomic E-state index is -0.306. The van der Waals surface area contributed by atoms with Crippen LogP contribution in [0.5, 0.6) is 0 Å². The van der Waals surface area contributed by atoms with Crippen LogP contribution >= 0.6 is 15.9 Å². The first-order valence-electron chi connectivity index (χ1n) is 5.68. The summed E-state index contributed by atoms with van der Waals surface area (Å²) in [6, 6.07) is 7.44. The average Bonchev–Trinajstić information content (AvgIpc) is 2.34. The van der Waals surface area contributed by atoms with Crippen molar-refractivity contribution in [3.05, 3.63) is 28.7 Å². The third-order valence-corrected chi connectivity index (χ3v) is 3.31. The van der Waals surface area contributed by atoms with Crippen LogP contribution < -0.4 is 5.32 Å². The van der Waals surface area contributed by atoms with E-state index in [2.05, 4.69) is 28.2 Å². The van der Waals surface area contributed by atoms with E-state index in [0.717, 1.165) is 16.6 Å². The third-order valence-electron chi connectivity index (χ3n) is 2.81. The van der Waals surface area contributed by atoms with E-state index in [9.17, 15) is 4.79 Å². The number of esters is 1. The van der Waals surface area contributed by atoms with Crippen LogP contribution in [-0.2, 0) is 9.53 Å². The molecule has 0 aliphatic carbocycles. The molecule has 1 aromatic rings. The van der Waals surface area contributed by atoms with Crippen LogP contribution in [0.3, 0.4) is 0 Å². The highest BCUT2D eigenvalue weighted by Gasteiger charge is 2.24. The predicted molar refractivity (Wildman–Crippen MR) is 73.0 cm³/mol. The molecule has 2 atom stereocenters. The molecule has 0 aromatic heterocycles. The maximum absolute atomic E-state index is 11.7. The monoisotopic (exact) mass is 299 g/mol. The van der Waals surface area contributed by atoms with Crippen LogP contribution in [-0.4, -0.2) is 19.1 Å². The zero-order valence-corrected chi connectivity index (χ0v) is 12.0. The molecular weight excluding hydrogens is 282 g/mol. The number of nitrogens with one attached hydrogen (secondary N) is 1. The summed E-state index contributed by atoms with van der Waals surface area (Å²) in [4.78, 5) is 11.7. The molecule has 2 unspecified atom stereocenters. The SMILES string of the molecule is CCC(C)C(Nc1cccc(Br)c1)C(=O)OC. The van der Waals surface area contributed by atoms with Crippen molar-refractivity contribution in [3.8, 4) is 0 Å². The van der Waals surface area contributed by atoms with Gasteiger partial charge in [-0.2, -0.15) is 0 Å². The van der Waals surface area contributed by atoms with E-state index in [1.165, 1.54) is 7.11 Å². The lowest BCUT2D eigenvalue weighted by atomic mass is 9.99. The summed E-state index contributed by atoms with van der Waals surface area (Å²) in [6.45, 7) is 4.09. The molecule has 0 bridgehead atoms. The minimum Gasteiger partial charge on any atom is -0.467 e. The summed E-state index contributed by atoms with van der Waals surface area (Å²) in [5.74, 6) is 0.000701. The Morgan fingerprint density at radius 2 is 2.24 bits per heavy atom. The summed E-state index contributed by atoms with van der Waals surface area (Å²) in [6.07, 6.45) is 0.917. The molecule has 1 rings (SSSR count). The van der Waals surface area contributed by atoms with E-state index in [0.29, 0.717) is 0 Å². The van der Waals surface area contributed by atoms with Crippen LogP contribution in [0, 0.1) is 5.92 Å². The number of carbonyl (C=O) groups excluding carboxylic acids is 1. The van der Waals surface area contributed by atoms with Crippen molar-refractivity contribution in [1.29, 1.82) is 0 Å². The second-order valence-corrected chi connectivity index (χ2v) is 4.96. The second kappa shape index (κ2) is 6.64. The van der Waals surface area contributed by atoms with Gasteiger partial charge in [0.05, 0.1) is 7.11 Å². The Morgan fingerprint density at radius 3 is 2.76 bits per heavy atom. The maximum Gasteiger partial charge on any atom is 0.328 e. The normalized spacial score (nSPS) is 13.9. The van der Waals surface area contributed by atoms with Gasteiger partial charge in [-0.3, -0.25) is 0 Å². The Balaban J connectivity index is 2.82. The van der Waals surface area contributed by atoms with Gasteiger partial charge in [0.1, 0.15) is 6.04 Å². The molecule has 94 valence electrons. The molecule has 1 N–H and O–H groups in total. The smallest absolute Gasteiger partial charge is 0.328 e. The number of rotatable bonds is 5. The van der Waals surface area contributed by atoms with Gasteiger partial charge in [0, 0.05) is 10.2 Å². The van der Waals surface area contributed by atoms with Crippen molar-refractivity contribution in [2.24, 2.45) is 5.92 Å². The quantitative estimate of drug-likeness (QED) is 0.846. The van der Waals surface area contributed by atoms with Gasteiger partial charge in [-0.15, -0.1) is 0 Å². The average molecular weight is 300 g/mol. The molecule has 3 nitrogen and oxygen atoms in total. The number of halogens is 1. The van der Waals surface area contributed by atoms with Crippen molar-refractivity contribution in [3.63, 3.8) is 0 Å². The van der Waals surface area contributed by atoms with Gasteiger partial charge in [0.15, 0.2) is 0 Å². The maximum atomic E-state index is 11.7. The van der Waals surface area contributed by atoms with Crippen LogP contribution in [0.25, 0.3) is 0 Å². The molecule has 0 saturated carbocycles. The largest absolute Gasteiger partial charge is 0.467 e. The van der Waals surface area contributed by atoms with Crippen molar-refractivity contribution in [2.75, 3.05) is 12.4 Å². The zero-order valence-electron chi connectivity index (χ0n) is 10.4. The van der Waals surface area contributed by atoms with E-state index < -0.39 is 0 Å². The fraction of sp³-hybridized carbons (Fsp3) is 0.462. The fourth-order valence-electron chi connectivity index (χ4n) is 1.55. The molecular formula is C13H18BrNO2. The lowest BCUT2D eigenvalue weighted by Gasteiger charge is -2.22. The Labute approximate surface area is 111 Å². The van der Waals surface area contributed by atoms with E-state index in [-0.39, 0.29) is 17.9 Å². The second-order valence-electron chi connectivity index (χ2n) is 4.04. The molecule has 0 spiro atoms. The number of ether oxygens (including phenoxy) is 1. The number of hydrogen-bond acceptors (Lipinski definition) is 3. The van der Waals surface area contributed by atoms with Gasteiger partial charge >= 0.3 is 5.97 Å². The van der Waals surface area contributed by atoms with E-state index in [1.54, 1.807) is 0 Å². The highest BCUT2D eigenvalue weighted by atomic mass is 79.9. The third kappa shape index (κ3) is 4.04. The molecule has 0 fully saturated rings. The lowest BCUT2D eigenvalue weighted by Crippen LogP contribution is -2.36. The number of benzene rings is 1. The number of hydrogen-bond donors (Lipinski definition) is 1. The van der Waals surface area contributed by atoms with Crippen LogP contribution in [0.1, 0.15) is 20.3 Å². The van der Waals surface area contributed by atoms with Crippen molar-refractivity contribution < 1.29 is 9.53 Å². The highest BCUT2D eigenvalue weighted by Crippen LogP contribution is 2.20. The summed E-state index contributed by atoms with van der Waals surface area (Å²) in [7, 11) is 1.42. The lowest BCUT2D eigenvalue weighted by molar-refractivity contribution is -0.142. The Morgan fingerprint density at radius 1 is 1.53 bits per heavy atom. The predicted octanol–water partition coefficient (Wildman–Crippen LogP) is 3.45. The Hall–Kier alpha value is -1.03. The first kappa shape index (κ1) is 14.0. The Kier molecular flexibility index (Phi) is 5.48. The molecule has 0 radical (unpaired) electrons. The first-order valence-corrected chi connectivity index (χ1v) is 6.47. The first-order chi connectivity index (χ1) is 8.08. The molecule has 0 aliphatic rings. The molecule has 4 heteroatoms. The van der Waals surface area contributed by atoms with Gasteiger partial charge < -0.3 is 10.1 Å². The topological polar surface area (TPSA) is 38.3 Å². The summed E-state index contributed by atoms with van der Waals surface area (Å²) >= 11 is 3.40. The highest BCUT2D eigenvalue weighted by molar-refractivity contribution is 9.10. The van der Waals surface area contributed by atoms with Crippen molar-refractivity contribution >= 4 is 27.6 Å². The van der Waals surface area contributed by atoms with Gasteiger partial charge in [-0.1, -0.05) is 42.3 Å². The fourth-order valence-corrected chi connectivity index (χ4v) is 1.95. The molecule has 0 amide bonds. The number of anilines is 1. The molecule has 1 aromatic carbocycles. The molecule has 0 saturated heterocycles. The number of carbonyl (C=O) groups is 1. The minimum absolute atomic E-state index is 0.223. The van der Waals surface area contributed by atoms with E-state index >= 15 is 0 Å². The molecule has 17 heavy (non-hydrogen) atoms. The van der Waals surface area contributed by atoms with E-state index in [4.69, 9.17) is 4.74 Å². The molecule has 0 heterocycles. The van der Waals surface area contributed by atoms with E-state index in [1.807, 2.05) is 31.2 Å². The van der Waals surface area contributed by atoms with Gasteiger partial charge in [-0.25, -0.2) is 4.79 Å². The summed E-state index contributed by atoms with van der Waals surface area (Å²) in [5, 5.41) is 3.22. The van der Waals surface area contributed by atoms with Gasteiger partial charge in [0.25, 0.3) is 0 Å². The van der Waals surface area contributed by atoms with Crippen LogP contribution in [0.4, 0.5) is 5.69 Å². The van der Waals surface area contributed by atoms with Gasteiger partial charge in [-0.05, 0) is 24.1 Å². The van der Waals surface area contributed by atoms with Gasteiger partial charge in [0.2, 0.25) is 0 Å². The summed E-state index contributed by atoms with van der Waals surface area (Å²) < 4.78 is 5.81. The number of methoxy groups -OCH3 is 1. The van der Waals surface area contributed by atoms with Crippen molar-refractivity contribution in [2.45, 2.75) is 26.3 Å². The van der Waals surface area contributed by atoms with Crippen molar-refractivity contribution in [1.82, 2.24) is 0 Å². The van der Waals surface area contributed by atoms with Crippen LogP contribution in [0.15, 0.2) is 28.7 Å². The standard InChI is InChI=1S/C13H18BrNO2/c1-4-9(2)12(13(16)17-3)15-11-7-5-6-10(14)8-11/h5-9,12,15H,4H2,1-3H3. The summed E-state index contributed by atoms with van der Waals surface area (Å²) in [5.41, 5.74) is 0.912. The molecule has 0 aliphatic heterocycles. The Bertz CT molecular complexity index is 381.